The van der Waals surface area contributed by atoms with Crippen LogP contribution in [0.1, 0.15) is 143 Å². The topological polar surface area (TPSA) is 208 Å². The predicted molar refractivity (Wildman–Crippen MR) is 215 cm³/mol. The van der Waals surface area contributed by atoms with Crippen LogP contribution < -0.4 is 21.3 Å². The van der Waals surface area contributed by atoms with Gasteiger partial charge in [-0.3, -0.25) is 28.8 Å². The number of ketones is 1. The normalized spacial score (nSPS) is 12.2. The summed E-state index contributed by atoms with van der Waals surface area (Å²) in [7, 11) is 0. The smallest absolute Gasteiger partial charge is 0.303 e. The van der Waals surface area contributed by atoms with Crippen LogP contribution in [-0.4, -0.2) is 119 Å². The lowest BCUT2D eigenvalue weighted by Crippen LogP contribution is -2.51. The second kappa shape index (κ2) is 37.4. The first-order valence-corrected chi connectivity index (χ1v) is 21.1. The van der Waals surface area contributed by atoms with Crippen molar-refractivity contribution in [2.24, 2.45) is 5.92 Å². The second-order valence-electron chi connectivity index (χ2n) is 14.7. The third-order valence-electron chi connectivity index (χ3n) is 9.05. The van der Waals surface area contributed by atoms with Gasteiger partial charge in [0, 0.05) is 31.8 Å². The number of carboxylic acid groups (broad SMARTS) is 1. The fraction of sp³-hybridized carbons (Fsp3) is 0.854. The molecular weight excluding hydrogens is 724 g/mol. The first-order chi connectivity index (χ1) is 26.9. The maximum atomic E-state index is 12.5. The van der Waals surface area contributed by atoms with E-state index in [1.807, 2.05) is 13.8 Å². The van der Waals surface area contributed by atoms with E-state index in [1.165, 1.54) is 64.2 Å². The van der Waals surface area contributed by atoms with Crippen LogP contribution in [0.15, 0.2) is 0 Å². The van der Waals surface area contributed by atoms with E-state index in [1.54, 1.807) is 13.8 Å². The fourth-order valence-corrected chi connectivity index (χ4v) is 5.48. The molecule has 0 saturated heterocycles. The molecule has 0 unspecified atom stereocenters. The lowest BCUT2D eigenvalue weighted by Gasteiger charge is -2.18. The van der Waals surface area contributed by atoms with Crippen LogP contribution >= 0.6 is 0 Å². The number of unbranched alkanes of at least 4 members (excludes halogenated alkanes) is 15. The van der Waals surface area contributed by atoms with Crippen molar-refractivity contribution in [3.63, 3.8) is 0 Å². The Morgan fingerprint density at radius 3 is 1.34 bits per heavy atom. The number of amides is 4. The quantitative estimate of drug-likeness (QED) is 0.0540. The van der Waals surface area contributed by atoms with Gasteiger partial charge in [-0.1, -0.05) is 104 Å². The van der Waals surface area contributed by atoms with Gasteiger partial charge in [0.2, 0.25) is 23.6 Å². The lowest BCUT2D eigenvalue weighted by atomic mass is 10.0. The minimum atomic E-state index is -0.790. The maximum Gasteiger partial charge on any atom is 0.303 e. The fourth-order valence-electron chi connectivity index (χ4n) is 5.48. The van der Waals surface area contributed by atoms with Gasteiger partial charge in [0.15, 0.2) is 5.78 Å². The third-order valence-corrected chi connectivity index (χ3v) is 9.05. The van der Waals surface area contributed by atoms with Crippen molar-refractivity contribution in [1.82, 2.24) is 21.3 Å². The molecule has 0 aliphatic rings. The van der Waals surface area contributed by atoms with Crippen LogP contribution in [0.4, 0.5) is 0 Å². The largest absolute Gasteiger partial charge is 0.481 e. The molecule has 0 aromatic heterocycles. The summed E-state index contributed by atoms with van der Waals surface area (Å²) in [5.74, 6) is -1.98. The predicted octanol–water partition coefficient (Wildman–Crippen LogP) is 4.63. The molecule has 0 aromatic carbocycles. The minimum Gasteiger partial charge on any atom is -0.481 e. The van der Waals surface area contributed by atoms with Crippen molar-refractivity contribution in [2.45, 2.75) is 155 Å². The van der Waals surface area contributed by atoms with Gasteiger partial charge >= 0.3 is 5.97 Å². The molecule has 0 aromatic rings. The van der Waals surface area contributed by atoms with E-state index in [-0.39, 0.29) is 69.0 Å². The maximum absolute atomic E-state index is 12.5. The van der Waals surface area contributed by atoms with Crippen molar-refractivity contribution in [2.75, 3.05) is 65.9 Å². The van der Waals surface area contributed by atoms with E-state index in [0.717, 1.165) is 38.5 Å². The number of nitrogens with one attached hydrogen (secondary N) is 4. The summed E-state index contributed by atoms with van der Waals surface area (Å²) in [6.07, 6.45) is 19.0. The average Bonchev–Trinajstić information content (AvgIpc) is 3.15. The van der Waals surface area contributed by atoms with E-state index < -0.39 is 24.0 Å². The van der Waals surface area contributed by atoms with Crippen LogP contribution in [0, 0.1) is 5.92 Å². The van der Waals surface area contributed by atoms with Gasteiger partial charge in [-0.25, -0.2) is 0 Å². The Kier molecular flexibility index (Phi) is 35.3. The highest BCUT2D eigenvalue weighted by molar-refractivity contribution is 5.91. The van der Waals surface area contributed by atoms with Gasteiger partial charge in [-0.05, 0) is 26.7 Å². The molecule has 0 spiro atoms. The number of carbonyl (C=O) groups is 6. The van der Waals surface area contributed by atoms with E-state index >= 15 is 0 Å². The molecular formula is C41H76N4O11. The Balaban J connectivity index is 3.65. The number of rotatable bonds is 40. The molecule has 0 radical (unpaired) electrons. The van der Waals surface area contributed by atoms with Gasteiger partial charge in [0.25, 0.3) is 0 Å². The number of aliphatic carboxylic acids is 1. The monoisotopic (exact) mass is 801 g/mol. The Hall–Kier alpha value is -3.14. The highest BCUT2D eigenvalue weighted by Crippen LogP contribution is 2.14. The number of carboxylic acids is 1. The van der Waals surface area contributed by atoms with E-state index in [9.17, 15) is 28.8 Å². The molecule has 0 aliphatic carbocycles. The van der Waals surface area contributed by atoms with Crippen LogP contribution in [0.25, 0.3) is 0 Å². The SMILES string of the molecule is CC(C)C(=O)COCCOCCNC(=O)COCCOCCNC(=O)[C@H](C)NC(=O)[C@H](C)NC(=O)CCCCCCCCCCCCCCCCCCC(=O)O. The summed E-state index contributed by atoms with van der Waals surface area (Å²) in [5.41, 5.74) is 0. The van der Waals surface area contributed by atoms with E-state index in [4.69, 9.17) is 24.1 Å². The minimum absolute atomic E-state index is 0.0428. The van der Waals surface area contributed by atoms with E-state index in [0.29, 0.717) is 39.2 Å². The van der Waals surface area contributed by atoms with Gasteiger partial charge in [-0.2, -0.15) is 0 Å². The third kappa shape index (κ3) is 35.3. The molecule has 0 aliphatic heterocycles. The second-order valence-corrected chi connectivity index (χ2v) is 14.7. The summed E-state index contributed by atoms with van der Waals surface area (Å²) in [6, 6.07) is -1.55. The Labute approximate surface area is 336 Å². The summed E-state index contributed by atoms with van der Waals surface area (Å²) in [5, 5.41) is 19.3. The van der Waals surface area contributed by atoms with Crippen LogP contribution in [-0.2, 0) is 47.7 Å². The number of hydrogen-bond donors (Lipinski definition) is 5. The molecule has 15 heteroatoms. The van der Waals surface area contributed by atoms with Crippen molar-refractivity contribution in [3.05, 3.63) is 0 Å². The molecule has 0 saturated carbocycles. The highest BCUT2D eigenvalue weighted by atomic mass is 16.5. The number of hydrogen-bond acceptors (Lipinski definition) is 10. The summed E-state index contributed by atoms with van der Waals surface area (Å²) >= 11 is 0. The van der Waals surface area contributed by atoms with Crippen LogP contribution in [0.2, 0.25) is 0 Å². The zero-order valence-corrected chi connectivity index (χ0v) is 35.1. The number of Topliss-reactive ketones (excluding diaryl/α,β-unsaturated/α-hetero) is 1. The molecule has 0 fully saturated rings. The van der Waals surface area contributed by atoms with Gasteiger partial charge in [-0.15, -0.1) is 0 Å². The van der Waals surface area contributed by atoms with Crippen molar-refractivity contribution >= 4 is 35.4 Å². The van der Waals surface area contributed by atoms with E-state index in [2.05, 4.69) is 21.3 Å². The molecule has 15 nitrogen and oxygen atoms in total. The number of ether oxygens (including phenoxy) is 4. The molecule has 56 heavy (non-hydrogen) atoms. The summed E-state index contributed by atoms with van der Waals surface area (Å²) in [6.45, 7) is 8.92. The first kappa shape index (κ1) is 52.9. The molecule has 326 valence electrons. The van der Waals surface area contributed by atoms with Crippen molar-refractivity contribution in [3.8, 4) is 0 Å². The molecule has 0 bridgehead atoms. The van der Waals surface area contributed by atoms with Crippen LogP contribution in [0.3, 0.4) is 0 Å². The molecule has 0 heterocycles. The molecule has 5 N–H and O–H groups in total. The van der Waals surface area contributed by atoms with Crippen molar-refractivity contribution < 1.29 is 52.8 Å². The Bertz CT molecular complexity index is 1060. The average molecular weight is 801 g/mol. The van der Waals surface area contributed by atoms with Gasteiger partial charge in [0.1, 0.15) is 25.3 Å². The standard InChI is InChI=1S/C41H76N4O11/c1-33(2)36(46)31-55-29-27-53-25-23-42-38(48)32-56-30-28-54-26-24-43-40(51)34(3)45-41(52)35(4)44-37(47)21-19-17-15-13-11-9-7-5-6-8-10-12-14-16-18-20-22-39(49)50/h33-35H,5-32H2,1-4H3,(H,42,48)(H,43,51)(H,44,47)(H,45,52)(H,49,50)/t34-,35-/m0/s1. The summed E-state index contributed by atoms with van der Waals surface area (Å²) < 4.78 is 21.3. The van der Waals surface area contributed by atoms with Gasteiger partial charge in [0.05, 0.1) is 39.6 Å². The van der Waals surface area contributed by atoms with Crippen molar-refractivity contribution in [1.29, 1.82) is 0 Å². The first-order valence-electron chi connectivity index (χ1n) is 21.1. The molecule has 2 atom stereocenters. The summed E-state index contributed by atoms with van der Waals surface area (Å²) in [4.78, 5) is 71.0. The molecule has 4 amide bonds. The zero-order chi connectivity index (χ0) is 41.7. The zero-order valence-electron chi connectivity index (χ0n) is 35.1. The number of carbonyl (C=O) groups excluding carboxylic acids is 5. The lowest BCUT2D eigenvalue weighted by molar-refractivity contribution is -0.137. The van der Waals surface area contributed by atoms with Crippen LogP contribution in [0.5, 0.6) is 0 Å². The van der Waals surface area contributed by atoms with Gasteiger partial charge < -0.3 is 45.3 Å². The Morgan fingerprint density at radius 2 is 0.857 bits per heavy atom. The molecule has 0 rings (SSSR count). The highest BCUT2D eigenvalue weighted by Gasteiger charge is 2.20. The Morgan fingerprint density at radius 1 is 0.446 bits per heavy atom.